The second-order valence-corrected chi connectivity index (χ2v) is 12.0. The number of benzene rings is 3. The predicted molar refractivity (Wildman–Crippen MR) is 166 cm³/mol. The van der Waals surface area contributed by atoms with Crippen LogP contribution in [0.1, 0.15) is 78.0 Å². The first-order valence-corrected chi connectivity index (χ1v) is 14.6. The molecule has 0 aromatic heterocycles. The van der Waals surface area contributed by atoms with Gasteiger partial charge in [-0.2, -0.15) is 0 Å². The van der Waals surface area contributed by atoms with Gasteiger partial charge in [-0.1, -0.05) is 93.8 Å². The lowest BCUT2D eigenvalue weighted by Gasteiger charge is -2.35. The van der Waals surface area contributed by atoms with Crippen molar-refractivity contribution in [1.29, 1.82) is 0 Å². The van der Waals surface area contributed by atoms with E-state index in [1.54, 1.807) is 25.7 Å². The summed E-state index contributed by atoms with van der Waals surface area (Å²) >= 11 is 0. The van der Waals surface area contributed by atoms with Crippen molar-refractivity contribution in [3.8, 4) is 0 Å². The van der Waals surface area contributed by atoms with Crippen LogP contribution >= 0.6 is 0 Å². The molecule has 0 spiro atoms. The molecule has 2 unspecified atom stereocenters. The third kappa shape index (κ3) is 9.07. The third-order valence-corrected chi connectivity index (χ3v) is 6.86. The van der Waals surface area contributed by atoms with Crippen molar-refractivity contribution >= 4 is 34.4 Å². The van der Waals surface area contributed by atoms with E-state index in [4.69, 9.17) is 4.74 Å². The Labute approximate surface area is 244 Å². The summed E-state index contributed by atoms with van der Waals surface area (Å²) in [7, 11) is 0. The van der Waals surface area contributed by atoms with Gasteiger partial charge in [0.25, 0.3) is 5.91 Å². The van der Waals surface area contributed by atoms with E-state index in [-0.39, 0.29) is 17.7 Å². The molecule has 220 valence electrons. The summed E-state index contributed by atoms with van der Waals surface area (Å²) in [4.78, 5) is 42.7. The highest BCUT2D eigenvalue weighted by molar-refractivity contribution is 6.00. The van der Waals surface area contributed by atoms with Gasteiger partial charge in [0.2, 0.25) is 5.91 Å². The second-order valence-electron chi connectivity index (χ2n) is 12.0. The molecule has 0 heterocycles. The van der Waals surface area contributed by atoms with E-state index in [1.165, 1.54) is 0 Å². The Morgan fingerprint density at radius 3 is 2.17 bits per heavy atom. The topological polar surface area (TPSA) is 87.7 Å². The fraction of sp³-hybridized carbons (Fsp3) is 0.441. The highest BCUT2D eigenvalue weighted by atomic mass is 16.6. The average Bonchev–Trinajstić information content (AvgIpc) is 2.90. The maximum absolute atomic E-state index is 14.3. The van der Waals surface area contributed by atoms with E-state index in [9.17, 15) is 14.4 Å². The molecule has 0 aliphatic rings. The van der Waals surface area contributed by atoms with Crippen LogP contribution in [-0.4, -0.2) is 41.0 Å². The smallest absolute Gasteiger partial charge is 0.408 e. The average molecular weight is 560 g/mol. The summed E-state index contributed by atoms with van der Waals surface area (Å²) in [6, 6.07) is 19.6. The molecule has 3 rings (SSSR count). The molecule has 7 heteroatoms. The minimum Gasteiger partial charge on any atom is -0.444 e. The number of nitrogens with one attached hydrogen (secondary N) is 2. The van der Waals surface area contributed by atoms with Crippen LogP contribution < -0.4 is 10.6 Å². The number of nitrogens with zero attached hydrogens (tertiary/aromatic N) is 1. The number of hydrogen-bond acceptors (Lipinski definition) is 4. The van der Waals surface area contributed by atoms with Gasteiger partial charge < -0.3 is 20.3 Å². The van der Waals surface area contributed by atoms with E-state index in [0.29, 0.717) is 17.8 Å². The van der Waals surface area contributed by atoms with Gasteiger partial charge in [0.15, 0.2) is 0 Å². The molecule has 3 aromatic carbocycles. The molecule has 3 aromatic rings. The number of fused-ring (bicyclic) bond motifs is 1. The van der Waals surface area contributed by atoms with Gasteiger partial charge >= 0.3 is 6.09 Å². The molecule has 0 radical (unpaired) electrons. The lowest BCUT2D eigenvalue weighted by molar-refractivity contribution is -0.141. The maximum Gasteiger partial charge on any atom is 0.408 e. The number of amides is 3. The second kappa shape index (κ2) is 14.2. The predicted octanol–water partition coefficient (Wildman–Crippen LogP) is 7.40. The number of carbonyl (C=O) groups excluding carboxylic acids is 3. The lowest BCUT2D eigenvalue weighted by Crippen LogP contribution is -2.54. The number of rotatable bonds is 11. The molecule has 3 amide bonds. The van der Waals surface area contributed by atoms with Crippen LogP contribution in [0.5, 0.6) is 0 Å². The number of hydrogen-bond donors (Lipinski definition) is 2. The number of ether oxygens (including phenoxy) is 1. The first kappa shape index (κ1) is 31.7. The Balaban J connectivity index is 2.01. The Bertz CT molecular complexity index is 1330. The molecule has 0 fully saturated rings. The molecule has 0 saturated heterocycles. The summed E-state index contributed by atoms with van der Waals surface area (Å²) in [6.07, 6.45) is 1.93. The maximum atomic E-state index is 14.3. The number of anilines is 1. The van der Waals surface area contributed by atoms with Crippen molar-refractivity contribution < 1.29 is 19.1 Å². The van der Waals surface area contributed by atoms with Crippen LogP contribution in [0, 0.1) is 12.8 Å². The summed E-state index contributed by atoms with van der Waals surface area (Å²) < 4.78 is 5.47. The van der Waals surface area contributed by atoms with Gasteiger partial charge in [0.1, 0.15) is 17.7 Å². The van der Waals surface area contributed by atoms with Gasteiger partial charge in [0, 0.05) is 12.2 Å². The molecule has 2 atom stereocenters. The summed E-state index contributed by atoms with van der Waals surface area (Å²) in [5.74, 6) is -0.860. The number of alkyl carbamates (subject to hydrolysis) is 1. The van der Waals surface area contributed by atoms with Crippen molar-refractivity contribution in [2.75, 3.05) is 11.9 Å². The van der Waals surface area contributed by atoms with Gasteiger partial charge in [-0.05, 0) is 68.5 Å². The minimum atomic E-state index is -0.895. The molecular formula is C34H45N3O4. The van der Waals surface area contributed by atoms with Crippen molar-refractivity contribution in [1.82, 2.24) is 10.2 Å². The molecule has 0 aliphatic carbocycles. The van der Waals surface area contributed by atoms with E-state index >= 15 is 0 Å². The zero-order valence-electron chi connectivity index (χ0n) is 25.5. The Morgan fingerprint density at radius 1 is 0.902 bits per heavy atom. The zero-order valence-corrected chi connectivity index (χ0v) is 25.5. The highest BCUT2D eigenvalue weighted by Crippen LogP contribution is 2.27. The lowest BCUT2D eigenvalue weighted by atomic mass is 9.97. The fourth-order valence-electron chi connectivity index (χ4n) is 4.72. The molecule has 0 saturated carbocycles. The summed E-state index contributed by atoms with van der Waals surface area (Å²) in [6.45, 7) is 13.5. The standard InChI is InChI=1S/C34H45N3O4/c1-8-9-12-21-37(32(39)29(23(2)3)36-33(40)41-34(5,6)7)30(26-17-15-24(4)16-18-26)31(38)35-28-20-19-25-13-10-11-14-27(25)22-28/h10-11,13-20,22-23,29-30H,8-9,12,21H2,1-7H3,(H,35,38)(H,36,40). The Morgan fingerprint density at radius 2 is 1.56 bits per heavy atom. The normalized spacial score (nSPS) is 13.0. The highest BCUT2D eigenvalue weighted by Gasteiger charge is 2.37. The van der Waals surface area contributed by atoms with Crippen molar-refractivity contribution in [2.24, 2.45) is 5.92 Å². The number of unbranched alkanes of at least 4 members (excludes halogenated alkanes) is 2. The van der Waals surface area contributed by atoms with Crippen molar-refractivity contribution in [2.45, 2.75) is 85.4 Å². The van der Waals surface area contributed by atoms with Gasteiger partial charge in [-0.25, -0.2) is 4.79 Å². The molecule has 7 nitrogen and oxygen atoms in total. The first-order chi connectivity index (χ1) is 19.4. The number of aryl methyl sites for hydroxylation is 1. The van der Waals surface area contributed by atoms with Crippen molar-refractivity contribution in [3.63, 3.8) is 0 Å². The third-order valence-electron chi connectivity index (χ3n) is 6.86. The van der Waals surface area contributed by atoms with Crippen LogP contribution in [0.25, 0.3) is 10.8 Å². The molecular weight excluding hydrogens is 514 g/mol. The molecule has 0 bridgehead atoms. The molecule has 2 N–H and O–H groups in total. The van der Waals surface area contributed by atoms with Gasteiger partial charge in [-0.15, -0.1) is 0 Å². The van der Waals surface area contributed by atoms with Crippen LogP contribution in [0.15, 0.2) is 66.7 Å². The van der Waals surface area contributed by atoms with E-state index < -0.39 is 23.8 Å². The van der Waals surface area contributed by atoms with Gasteiger partial charge in [0.05, 0.1) is 0 Å². The van der Waals surface area contributed by atoms with Crippen LogP contribution in [0.2, 0.25) is 0 Å². The first-order valence-electron chi connectivity index (χ1n) is 14.6. The van der Waals surface area contributed by atoms with E-state index in [1.807, 2.05) is 87.5 Å². The monoisotopic (exact) mass is 559 g/mol. The van der Waals surface area contributed by atoms with E-state index in [0.717, 1.165) is 35.6 Å². The molecule has 41 heavy (non-hydrogen) atoms. The quantitative estimate of drug-likeness (QED) is 0.240. The fourth-order valence-corrected chi connectivity index (χ4v) is 4.72. The van der Waals surface area contributed by atoms with E-state index in [2.05, 4.69) is 17.6 Å². The molecule has 0 aliphatic heterocycles. The van der Waals surface area contributed by atoms with Crippen LogP contribution in [0.3, 0.4) is 0 Å². The Kier molecular flexibility index (Phi) is 10.9. The van der Waals surface area contributed by atoms with Gasteiger partial charge in [-0.3, -0.25) is 9.59 Å². The summed E-state index contributed by atoms with van der Waals surface area (Å²) in [5, 5.41) is 7.93. The Hall–Kier alpha value is -3.87. The number of carbonyl (C=O) groups is 3. The zero-order chi connectivity index (χ0) is 30.2. The summed E-state index contributed by atoms with van der Waals surface area (Å²) in [5.41, 5.74) is 1.70. The van der Waals surface area contributed by atoms with Crippen molar-refractivity contribution in [3.05, 3.63) is 77.9 Å². The minimum absolute atomic E-state index is 0.231. The SMILES string of the molecule is CCCCCN(C(=O)C(NC(=O)OC(C)(C)C)C(C)C)C(C(=O)Nc1ccc2ccccc2c1)c1ccc(C)cc1. The van der Waals surface area contributed by atoms with Crippen LogP contribution in [0.4, 0.5) is 10.5 Å². The largest absolute Gasteiger partial charge is 0.444 e. The van der Waals surface area contributed by atoms with Crippen LogP contribution in [-0.2, 0) is 14.3 Å².